The van der Waals surface area contributed by atoms with Gasteiger partial charge in [0.15, 0.2) is 0 Å². The number of rotatable bonds is 7. The van der Waals surface area contributed by atoms with E-state index in [-0.39, 0.29) is 0 Å². The lowest BCUT2D eigenvalue weighted by Gasteiger charge is -2.42. The van der Waals surface area contributed by atoms with Crippen LogP contribution in [0.2, 0.25) is 0 Å². The Balaban J connectivity index is 2.33. The van der Waals surface area contributed by atoms with Gasteiger partial charge in [0, 0.05) is 19.1 Å². The Bertz CT molecular complexity index is 201. The van der Waals surface area contributed by atoms with Crippen LogP contribution in [0.15, 0.2) is 0 Å². The molecule has 1 aliphatic heterocycles. The van der Waals surface area contributed by atoms with Gasteiger partial charge >= 0.3 is 0 Å². The van der Waals surface area contributed by atoms with E-state index in [1.807, 2.05) is 0 Å². The number of unbranched alkanes of at least 4 members (excludes halogenated alkanes) is 3. The van der Waals surface area contributed by atoms with Gasteiger partial charge in [-0.15, -0.1) is 0 Å². The van der Waals surface area contributed by atoms with E-state index in [9.17, 15) is 0 Å². The second-order valence-corrected chi connectivity index (χ2v) is 6.48. The summed E-state index contributed by atoms with van der Waals surface area (Å²) in [5, 5.41) is 0. The van der Waals surface area contributed by atoms with Crippen LogP contribution in [-0.2, 0) is 0 Å². The molecule has 1 aliphatic rings. The minimum absolute atomic E-state index is 0.495. The molecule has 0 radical (unpaired) electrons. The van der Waals surface area contributed by atoms with Crippen molar-refractivity contribution in [2.24, 2.45) is 11.1 Å². The molecule has 2 N–H and O–H groups in total. The van der Waals surface area contributed by atoms with Crippen LogP contribution < -0.4 is 5.73 Å². The van der Waals surface area contributed by atoms with Crippen molar-refractivity contribution in [3.8, 4) is 0 Å². The summed E-state index contributed by atoms with van der Waals surface area (Å²) < 4.78 is 0. The fourth-order valence-electron chi connectivity index (χ4n) is 3.04. The van der Waals surface area contributed by atoms with Gasteiger partial charge in [-0.3, -0.25) is 4.90 Å². The zero-order valence-electron chi connectivity index (χ0n) is 12.2. The number of likely N-dealkylation sites (tertiary alicyclic amines) is 1. The van der Waals surface area contributed by atoms with Gasteiger partial charge < -0.3 is 5.73 Å². The first-order valence-electron chi connectivity index (χ1n) is 7.53. The Morgan fingerprint density at radius 1 is 1.24 bits per heavy atom. The van der Waals surface area contributed by atoms with E-state index in [0.717, 1.165) is 6.54 Å². The van der Waals surface area contributed by atoms with Crippen LogP contribution in [-0.4, -0.2) is 30.6 Å². The van der Waals surface area contributed by atoms with Gasteiger partial charge in [-0.25, -0.2) is 0 Å². The summed E-state index contributed by atoms with van der Waals surface area (Å²) in [4.78, 5) is 2.65. The molecular weight excluding hydrogens is 208 g/mol. The molecule has 1 heterocycles. The number of nitrogens with two attached hydrogens (primary N) is 1. The van der Waals surface area contributed by atoms with Crippen molar-refractivity contribution in [1.29, 1.82) is 0 Å². The van der Waals surface area contributed by atoms with Crippen LogP contribution in [0, 0.1) is 5.41 Å². The minimum atomic E-state index is 0.495. The molecular formula is C15H32N2. The lowest BCUT2D eigenvalue weighted by molar-refractivity contribution is 0.0761. The first kappa shape index (κ1) is 15.0. The first-order valence-corrected chi connectivity index (χ1v) is 7.53. The Hall–Kier alpha value is -0.0800. The average Bonchev–Trinajstić information content (AvgIpc) is 2.28. The van der Waals surface area contributed by atoms with Crippen LogP contribution in [0.1, 0.15) is 65.7 Å². The molecule has 1 atom stereocenters. The Labute approximate surface area is 108 Å². The molecule has 0 spiro atoms. The molecule has 102 valence electrons. The van der Waals surface area contributed by atoms with E-state index in [0.29, 0.717) is 11.5 Å². The summed E-state index contributed by atoms with van der Waals surface area (Å²) in [5.41, 5.74) is 6.46. The molecule has 0 aromatic carbocycles. The van der Waals surface area contributed by atoms with Crippen LogP contribution >= 0.6 is 0 Å². The maximum Gasteiger partial charge on any atom is 0.0218 e. The van der Waals surface area contributed by atoms with E-state index >= 15 is 0 Å². The summed E-state index contributed by atoms with van der Waals surface area (Å²) in [6.45, 7) is 10.4. The second kappa shape index (κ2) is 7.38. The summed E-state index contributed by atoms with van der Waals surface area (Å²) in [6, 6.07) is 0.631. The fraction of sp³-hybridized carbons (Fsp3) is 1.00. The van der Waals surface area contributed by atoms with Crippen LogP contribution in [0.3, 0.4) is 0 Å². The summed E-state index contributed by atoms with van der Waals surface area (Å²) in [6.07, 6.45) is 9.45. The van der Waals surface area contributed by atoms with Gasteiger partial charge in [0.1, 0.15) is 0 Å². The summed E-state index contributed by atoms with van der Waals surface area (Å²) in [5.74, 6) is 0. The Kier molecular flexibility index (Phi) is 6.50. The van der Waals surface area contributed by atoms with Crippen molar-refractivity contribution >= 4 is 0 Å². The van der Waals surface area contributed by atoms with E-state index < -0.39 is 0 Å². The summed E-state index contributed by atoms with van der Waals surface area (Å²) in [7, 11) is 0. The largest absolute Gasteiger partial charge is 0.329 e. The number of nitrogens with zero attached hydrogens (tertiary/aromatic N) is 1. The molecule has 1 unspecified atom stereocenters. The van der Waals surface area contributed by atoms with Crippen molar-refractivity contribution < 1.29 is 0 Å². The van der Waals surface area contributed by atoms with Crippen molar-refractivity contribution in [2.45, 2.75) is 71.8 Å². The zero-order chi connectivity index (χ0) is 12.7. The molecule has 1 rings (SSSR count). The SMILES string of the molecule is CCCCCCC(CN)N1CCCC(C)(C)C1. The first-order chi connectivity index (χ1) is 8.09. The van der Waals surface area contributed by atoms with Crippen LogP contribution in [0.25, 0.3) is 0 Å². The van der Waals surface area contributed by atoms with Gasteiger partial charge in [-0.1, -0.05) is 46.5 Å². The second-order valence-electron chi connectivity index (χ2n) is 6.48. The molecule has 2 nitrogen and oxygen atoms in total. The van der Waals surface area contributed by atoms with Gasteiger partial charge in [-0.05, 0) is 31.2 Å². The van der Waals surface area contributed by atoms with E-state index in [4.69, 9.17) is 5.73 Å². The highest BCUT2D eigenvalue weighted by atomic mass is 15.2. The van der Waals surface area contributed by atoms with E-state index in [1.165, 1.54) is 58.0 Å². The number of piperidine rings is 1. The van der Waals surface area contributed by atoms with Crippen molar-refractivity contribution in [2.75, 3.05) is 19.6 Å². The van der Waals surface area contributed by atoms with Crippen LogP contribution in [0.5, 0.6) is 0 Å². The standard InChI is InChI=1S/C15H32N2/c1-4-5-6-7-9-14(12-16)17-11-8-10-15(2,3)13-17/h14H,4-13,16H2,1-3H3. The molecule has 0 amide bonds. The molecule has 0 saturated carbocycles. The predicted molar refractivity (Wildman–Crippen MR) is 76.2 cm³/mol. The zero-order valence-corrected chi connectivity index (χ0v) is 12.2. The Morgan fingerprint density at radius 2 is 2.00 bits per heavy atom. The normalized spacial score (nSPS) is 22.6. The van der Waals surface area contributed by atoms with Crippen molar-refractivity contribution in [3.05, 3.63) is 0 Å². The predicted octanol–water partition coefficient (Wildman–Crippen LogP) is 3.41. The van der Waals surface area contributed by atoms with E-state index in [1.54, 1.807) is 0 Å². The maximum absolute atomic E-state index is 5.97. The fourth-order valence-corrected chi connectivity index (χ4v) is 3.04. The third kappa shape index (κ3) is 5.39. The summed E-state index contributed by atoms with van der Waals surface area (Å²) >= 11 is 0. The van der Waals surface area contributed by atoms with Gasteiger partial charge in [-0.2, -0.15) is 0 Å². The molecule has 1 fully saturated rings. The van der Waals surface area contributed by atoms with Gasteiger partial charge in [0.2, 0.25) is 0 Å². The molecule has 0 aromatic rings. The molecule has 0 bridgehead atoms. The highest BCUT2D eigenvalue weighted by molar-refractivity contribution is 4.84. The monoisotopic (exact) mass is 240 g/mol. The smallest absolute Gasteiger partial charge is 0.0218 e. The lowest BCUT2D eigenvalue weighted by atomic mass is 9.83. The van der Waals surface area contributed by atoms with Crippen molar-refractivity contribution in [3.63, 3.8) is 0 Å². The van der Waals surface area contributed by atoms with E-state index in [2.05, 4.69) is 25.7 Å². The molecule has 1 saturated heterocycles. The molecule has 0 aromatic heterocycles. The van der Waals surface area contributed by atoms with Gasteiger partial charge in [0.05, 0.1) is 0 Å². The third-order valence-corrected chi connectivity index (χ3v) is 4.11. The third-order valence-electron chi connectivity index (χ3n) is 4.11. The highest BCUT2D eigenvalue weighted by Gasteiger charge is 2.29. The molecule has 17 heavy (non-hydrogen) atoms. The Morgan fingerprint density at radius 3 is 2.59 bits per heavy atom. The minimum Gasteiger partial charge on any atom is -0.329 e. The highest BCUT2D eigenvalue weighted by Crippen LogP contribution is 2.30. The van der Waals surface area contributed by atoms with Crippen molar-refractivity contribution in [1.82, 2.24) is 4.90 Å². The quantitative estimate of drug-likeness (QED) is 0.691. The number of hydrogen-bond acceptors (Lipinski definition) is 2. The average molecular weight is 240 g/mol. The topological polar surface area (TPSA) is 29.3 Å². The van der Waals surface area contributed by atoms with Gasteiger partial charge in [0.25, 0.3) is 0 Å². The molecule has 0 aliphatic carbocycles. The van der Waals surface area contributed by atoms with Crippen LogP contribution in [0.4, 0.5) is 0 Å². The molecule has 2 heteroatoms. The maximum atomic E-state index is 5.97. The lowest BCUT2D eigenvalue weighted by Crippen LogP contribution is -2.48. The number of hydrogen-bond donors (Lipinski definition) is 1.